The standard InChI is InChI=1S/C15H17ClN4O2/c1-9(2)13(14-10(3)5-4-6-17-14)19-15-12(16)7-11(8-18-15)20(21)22/h4-9,13H,1-3H3,(H,18,19). The molecule has 6 nitrogen and oxygen atoms in total. The second kappa shape index (κ2) is 6.70. The van der Waals surface area contributed by atoms with E-state index >= 15 is 0 Å². The molecule has 0 bridgehead atoms. The van der Waals surface area contributed by atoms with E-state index in [-0.39, 0.29) is 22.7 Å². The highest BCUT2D eigenvalue weighted by Gasteiger charge is 2.21. The minimum atomic E-state index is -0.522. The van der Waals surface area contributed by atoms with Crippen molar-refractivity contribution >= 4 is 23.1 Å². The van der Waals surface area contributed by atoms with E-state index in [1.54, 1.807) is 6.20 Å². The third-order valence-electron chi connectivity index (χ3n) is 3.34. The predicted molar refractivity (Wildman–Crippen MR) is 86.1 cm³/mol. The molecule has 2 heterocycles. The third-order valence-corrected chi connectivity index (χ3v) is 3.63. The van der Waals surface area contributed by atoms with Gasteiger partial charge in [0.05, 0.1) is 21.7 Å². The molecule has 0 aliphatic carbocycles. The molecule has 0 aliphatic rings. The van der Waals surface area contributed by atoms with Crippen molar-refractivity contribution in [1.29, 1.82) is 0 Å². The summed E-state index contributed by atoms with van der Waals surface area (Å²) < 4.78 is 0. The minimum absolute atomic E-state index is 0.0901. The van der Waals surface area contributed by atoms with Crippen molar-refractivity contribution in [3.8, 4) is 0 Å². The van der Waals surface area contributed by atoms with E-state index in [9.17, 15) is 10.1 Å². The molecule has 2 aromatic rings. The summed E-state index contributed by atoms with van der Waals surface area (Å²) in [5, 5.41) is 14.2. The Labute approximate surface area is 133 Å². The molecule has 2 rings (SSSR count). The van der Waals surface area contributed by atoms with Gasteiger partial charge in [0, 0.05) is 12.3 Å². The van der Waals surface area contributed by atoms with Gasteiger partial charge < -0.3 is 5.32 Å². The smallest absolute Gasteiger partial charge is 0.289 e. The SMILES string of the molecule is Cc1cccnc1C(Nc1ncc([N+](=O)[O-])cc1Cl)C(C)C. The minimum Gasteiger partial charge on any atom is -0.360 e. The molecule has 1 unspecified atom stereocenters. The molecule has 0 fully saturated rings. The second-order valence-electron chi connectivity index (χ2n) is 5.35. The lowest BCUT2D eigenvalue weighted by molar-refractivity contribution is -0.385. The molecule has 0 saturated carbocycles. The predicted octanol–water partition coefficient (Wildman–Crippen LogP) is 4.16. The van der Waals surface area contributed by atoms with Crippen LogP contribution in [0.25, 0.3) is 0 Å². The number of hydrogen-bond acceptors (Lipinski definition) is 5. The topological polar surface area (TPSA) is 81.0 Å². The molecule has 0 saturated heterocycles. The molecule has 1 atom stereocenters. The molecule has 0 amide bonds. The van der Waals surface area contributed by atoms with E-state index in [0.29, 0.717) is 5.82 Å². The average molecular weight is 321 g/mol. The first-order chi connectivity index (χ1) is 10.4. The fourth-order valence-corrected chi connectivity index (χ4v) is 2.37. The molecule has 0 aromatic carbocycles. The van der Waals surface area contributed by atoms with Crippen molar-refractivity contribution in [2.24, 2.45) is 5.92 Å². The van der Waals surface area contributed by atoms with Gasteiger partial charge in [-0.2, -0.15) is 0 Å². The summed E-state index contributed by atoms with van der Waals surface area (Å²) in [6.45, 7) is 6.11. The third kappa shape index (κ3) is 3.51. The van der Waals surface area contributed by atoms with Crippen molar-refractivity contribution < 1.29 is 4.92 Å². The van der Waals surface area contributed by atoms with Gasteiger partial charge in [0.1, 0.15) is 12.0 Å². The van der Waals surface area contributed by atoms with E-state index in [4.69, 9.17) is 11.6 Å². The van der Waals surface area contributed by atoms with E-state index in [0.717, 1.165) is 11.3 Å². The first kappa shape index (κ1) is 16.2. The van der Waals surface area contributed by atoms with Crippen LogP contribution in [0.1, 0.15) is 31.1 Å². The Kier molecular flexibility index (Phi) is 4.92. The lowest BCUT2D eigenvalue weighted by Crippen LogP contribution is -2.20. The van der Waals surface area contributed by atoms with Gasteiger partial charge in [0.15, 0.2) is 0 Å². The number of nitro groups is 1. The molecule has 0 spiro atoms. The van der Waals surface area contributed by atoms with Crippen LogP contribution >= 0.6 is 11.6 Å². The monoisotopic (exact) mass is 320 g/mol. The van der Waals surface area contributed by atoms with Crippen molar-refractivity contribution in [2.45, 2.75) is 26.8 Å². The van der Waals surface area contributed by atoms with Crippen LogP contribution in [0.2, 0.25) is 5.02 Å². The lowest BCUT2D eigenvalue weighted by atomic mass is 9.97. The van der Waals surface area contributed by atoms with Gasteiger partial charge in [0.2, 0.25) is 0 Å². The van der Waals surface area contributed by atoms with Gasteiger partial charge in [0.25, 0.3) is 5.69 Å². The maximum Gasteiger partial charge on any atom is 0.289 e. The Morgan fingerprint density at radius 3 is 2.64 bits per heavy atom. The summed E-state index contributed by atoms with van der Waals surface area (Å²) in [5.41, 5.74) is 1.84. The molecule has 22 heavy (non-hydrogen) atoms. The Hall–Kier alpha value is -2.21. The van der Waals surface area contributed by atoms with Gasteiger partial charge in [-0.1, -0.05) is 31.5 Å². The number of halogens is 1. The number of rotatable bonds is 5. The molecule has 0 aliphatic heterocycles. The number of aryl methyl sites for hydroxylation is 1. The molecule has 116 valence electrons. The van der Waals surface area contributed by atoms with Gasteiger partial charge in [-0.3, -0.25) is 15.1 Å². The Morgan fingerprint density at radius 1 is 1.36 bits per heavy atom. The largest absolute Gasteiger partial charge is 0.360 e. The van der Waals surface area contributed by atoms with Crippen LogP contribution in [-0.4, -0.2) is 14.9 Å². The van der Waals surface area contributed by atoms with Crippen LogP contribution < -0.4 is 5.32 Å². The summed E-state index contributed by atoms with van der Waals surface area (Å²) in [6, 6.07) is 5.07. The van der Waals surface area contributed by atoms with Crippen LogP contribution in [0.3, 0.4) is 0 Å². The van der Waals surface area contributed by atoms with Crippen LogP contribution in [0.5, 0.6) is 0 Å². The molecule has 0 radical (unpaired) electrons. The van der Waals surface area contributed by atoms with Crippen LogP contribution in [0.15, 0.2) is 30.6 Å². The lowest BCUT2D eigenvalue weighted by Gasteiger charge is -2.24. The highest BCUT2D eigenvalue weighted by molar-refractivity contribution is 6.33. The fraction of sp³-hybridized carbons (Fsp3) is 0.333. The summed E-state index contributed by atoms with van der Waals surface area (Å²) in [6.07, 6.45) is 2.93. The average Bonchev–Trinajstić information content (AvgIpc) is 2.46. The number of pyridine rings is 2. The van der Waals surface area contributed by atoms with E-state index in [2.05, 4.69) is 29.1 Å². The fourth-order valence-electron chi connectivity index (χ4n) is 2.16. The van der Waals surface area contributed by atoms with Crippen LogP contribution in [0, 0.1) is 23.0 Å². The van der Waals surface area contributed by atoms with Crippen molar-refractivity contribution in [3.63, 3.8) is 0 Å². The molecule has 7 heteroatoms. The maximum absolute atomic E-state index is 10.7. The van der Waals surface area contributed by atoms with Crippen molar-refractivity contribution in [3.05, 3.63) is 57.0 Å². The number of nitrogens with zero attached hydrogens (tertiary/aromatic N) is 3. The number of anilines is 1. The van der Waals surface area contributed by atoms with Gasteiger partial charge in [-0.25, -0.2) is 4.98 Å². The quantitative estimate of drug-likeness (QED) is 0.661. The number of nitrogens with one attached hydrogen (secondary N) is 1. The van der Waals surface area contributed by atoms with Gasteiger partial charge in [-0.05, 0) is 24.5 Å². The van der Waals surface area contributed by atoms with Crippen LogP contribution in [-0.2, 0) is 0 Å². The highest BCUT2D eigenvalue weighted by atomic mass is 35.5. The second-order valence-corrected chi connectivity index (χ2v) is 5.76. The summed E-state index contributed by atoms with van der Waals surface area (Å²) in [7, 11) is 0. The van der Waals surface area contributed by atoms with Crippen molar-refractivity contribution in [2.75, 3.05) is 5.32 Å². The number of aromatic nitrogens is 2. The van der Waals surface area contributed by atoms with E-state index in [1.807, 2.05) is 19.1 Å². The zero-order chi connectivity index (χ0) is 16.3. The van der Waals surface area contributed by atoms with E-state index in [1.165, 1.54) is 12.3 Å². The van der Waals surface area contributed by atoms with Crippen molar-refractivity contribution in [1.82, 2.24) is 9.97 Å². The van der Waals surface area contributed by atoms with Crippen LogP contribution in [0.4, 0.5) is 11.5 Å². The van der Waals surface area contributed by atoms with Gasteiger partial charge in [-0.15, -0.1) is 0 Å². The normalized spacial score (nSPS) is 12.2. The Bertz CT molecular complexity index is 691. The summed E-state index contributed by atoms with van der Waals surface area (Å²) in [4.78, 5) is 18.7. The number of hydrogen-bond donors (Lipinski definition) is 1. The first-order valence-electron chi connectivity index (χ1n) is 6.88. The zero-order valence-corrected chi connectivity index (χ0v) is 13.3. The van der Waals surface area contributed by atoms with E-state index < -0.39 is 4.92 Å². The molecule has 1 N–H and O–H groups in total. The molecular formula is C15H17ClN4O2. The van der Waals surface area contributed by atoms with Gasteiger partial charge >= 0.3 is 0 Å². The molecular weight excluding hydrogens is 304 g/mol. The zero-order valence-electron chi connectivity index (χ0n) is 12.6. The highest BCUT2D eigenvalue weighted by Crippen LogP contribution is 2.31. The summed E-state index contributed by atoms with van der Waals surface area (Å²) in [5.74, 6) is 0.651. The summed E-state index contributed by atoms with van der Waals surface area (Å²) >= 11 is 6.10. The Morgan fingerprint density at radius 2 is 2.09 bits per heavy atom. The molecule has 2 aromatic heterocycles. The Balaban J connectivity index is 2.33. The maximum atomic E-state index is 10.7. The first-order valence-corrected chi connectivity index (χ1v) is 7.26.